The number of carbonyl (C=O) groups is 2. The SMILES string of the molecule is COCCCNC(=O)CCCCN1C(=O)C2Sc3ccccc3C2=NC1=S. The third kappa shape index (κ3) is 4.75. The second kappa shape index (κ2) is 9.43. The molecule has 0 fully saturated rings. The lowest BCUT2D eigenvalue weighted by atomic mass is 10.1. The molecule has 0 aliphatic carbocycles. The Kier molecular flexibility index (Phi) is 6.98. The van der Waals surface area contributed by atoms with Crippen molar-refractivity contribution >= 4 is 46.6 Å². The average Bonchev–Trinajstić information content (AvgIpc) is 3.03. The Hall–Kier alpha value is -1.77. The van der Waals surface area contributed by atoms with Gasteiger partial charge >= 0.3 is 0 Å². The van der Waals surface area contributed by atoms with Crippen molar-refractivity contribution < 1.29 is 14.3 Å². The zero-order valence-electron chi connectivity index (χ0n) is 15.3. The number of benzene rings is 1. The molecule has 2 heterocycles. The van der Waals surface area contributed by atoms with Crippen LogP contribution in [0.2, 0.25) is 0 Å². The summed E-state index contributed by atoms with van der Waals surface area (Å²) in [5, 5.41) is 2.88. The number of carbonyl (C=O) groups excluding carboxylic acids is 2. The minimum atomic E-state index is -0.307. The number of methoxy groups -OCH3 is 1. The molecular formula is C19H23N3O3S2. The van der Waals surface area contributed by atoms with Crippen LogP contribution in [0.15, 0.2) is 34.2 Å². The second-order valence-corrected chi connectivity index (χ2v) is 7.93. The molecule has 0 saturated carbocycles. The summed E-state index contributed by atoms with van der Waals surface area (Å²) < 4.78 is 4.95. The topological polar surface area (TPSA) is 71.0 Å². The number of nitrogens with one attached hydrogen (secondary N) is 1. The lowest BCUT2D eigenvalue weighted by Gasteiger charge is -2.28. The number of unbranched alkanes of at least 4 members (excludes halogenated alkanes) is 1. The molecule has 1 aromatic carbocycles. The zero-order chi connectivity index (χ0) is 19.2. The third-order valence-electron chi connectivity index (χ3n) is 4.48. The van der Waals surface area contributed by atoms with Gasteiger partial charge < -0.3 is 10.1 Å². The molecule has 8 heteroatoms. The first-order valence-electron chi connectivity index (χ1n) is 9.07. The van der Waals surface area contributed by atoms with Gasteiger partial charge in [0.2, 0.25) is 16.9 Å². The van der Waals surface area contributed by atoms with Crippen molar-refractivity contribution in [2.75, 3.05) is 26.8 Å². The molecule has 27 heavy (non-hydrogen) atoms. The molecule has 1 N–H and O–H groups in total. The van der Waals surface area contributed by atoms with Gasteiger partial charge in [-0.3, -0.25) is 14.5 Å². The lowest BCUT2D eigenvalue weighted by molar-refractivity contribution is -0.125. The van der Waals surface area contributed by atoms with E-state index in [0.29, 0.717) is 44.1 Å². The molecule has 0 aromatic heterocycles. The number of thioether (sulfide) groups is 1. The summed E-state index contributed by atoms with van der Waals surface area (Å²) >= 11 is 6.89. The number of thiocarbonyl (C=S) groups is 1. The Morgan fingerprint density at radius 1 is 1.33 bits per heavy atom. The fourth-order valence-electron chi connectivity index (χ4n) is 3.08. The Morgan fingerprint density at radius 3 is 2.96 bits per heavy atom. The van der Waals surface area contributed by atoms with E-state index in [1.807, 2.05) is 24.3 Å². The van der Waals surface area contributed by atoms with Gasteiger partial charge in [0.15, 0.2) is 0 Å². The first kappa shape index (κ1) is 20.0. The van der Waals surface area contributed by atoms with E-state index in [-0.39, 0.29) is 17.1 Å². The van der Waals surface area contributed by atoms with Crippen LogP contribution < -0.4 is 5.32 Å². The fourth-order valence-corrected chi connectivity index (χ4v) is 4.59. The summed E-state index contributed by atoms with van der Waals surface area (Å²) in [5.41, 5.74) is 1.78. The maximum atomic E-state index is 12.9. The van der Waals surface area contributed by atoms with E-state index in [9.17, 15) is 9.59 Å². The molecule has 0 bridgehead atoms. The molecule has 6 nitrogen and oxygen atoms in total. The number of hydrogen-bond donors (Lipinski definition) is 1. The van der Waals surface area contributed by atoms with Crippen molar-refractivity contribution in [3.63, 3.8) is 0 Å². The number of fused-ring (bicyclic) bond motifs is 3. The van der Waals surface area contributed by atoms with Crippen molar-refractivity contribution in [3.8, 4) is 0 Å². The Morgan fingerprint density at radius 2 is 2.15 bits per heavy atom. The Balaban J connectivity index is 1.47. The van der Waals surface area contributed by atoms with Crippen molar-refractivity contribution in [2.24, 2.45) is 4.99 Å². The summed E-state index contributed by atoms with van der Waals surface area (Å²) in [6, 6.07) is 7.90. The standard InChI is InChI=1S/C19H23N3O3S2/c1-25-12-6-10-20-15(23)9-4-5-11-22-18(24)17-16(21-19(22)26)13-7-2-3-8-14(13)27-17/h2-3,7-8,17H,4-6,9-12H2,1H3,(H,20,23). The van der Waals surface area contributed by atoms with Crippen LogP contribution in [0.3, 0.4) is 0 Å². The Bertz CT molecular complexity index is 766. The van der Waals surface area contributed by atoms with Crippen LogP contribution >= 0.6 is 24.0 Å². The van der Waals surface area contributed by atoms with Gasteiger partial charge in [0.05, 0.1) is 5.71 Å². The maximum Gasteiger partial charge on any atom is 0.248 e. The second-order valence-electron chi connectivity index (χ2n) is 6.42. The molecule has 1 unspecified atom stereocenters. The van der Waals surface area contributed by atoms with Crippen molar-refractivity contribution in [1.29, 1.82) is 0 Å². The molecule has 0 saturated heterocycles. The molecule has 1 aromatic rings. The number of aliphatic imine (C=N–C) groups is 1. The highest BCUT2D eigenvalue weighted by Crippen LogP contribution is 2.40. The highest BCUT2D eigenvalue weighted by Gasteiger charge is 2.41. The highest BCUT2D eigenvalue weighted by atomic mass is 32.2. The van der Waals surface area contributed by atoms with Crippen LogP contribution in [0.4, 0.5) is 0 Å². The maximum absolute atomic E-state index is 12.9. The van der Waals surface area contributed by atoms with Crippen molar-refractivity contribution in [3.05, 3.63) is 29.8 Å². The van der Waals surface area contributed by atoms with Gasteiger partial charge in [-0.2, -0.15) is 0 Å². The van der Waals surface area contributed by atoms with Crippen LogP contribution in [-0.4, -0.2) is 59.6 Å². The summed E-state index contributed by atoms with van der Waals surface area (Å²) in [4.78, 5) is 31.8. The van der Waals surface area contributed by atoms with Crippen LogP contribution in [0.1, 0.15) is 31.2 Å². The average molecular weight is 406 g/mol. The van der Waals surface area contributed by atoms with Crippen molar-refractivity contribution in [1.82, 2.24) is 10.2 Å². The first-order chi connectivity index (χ1) is 13.1. The van der Waals surface area contributed by atoms with E-state index >= 15 is 0 Å². The van der Waals surface area contributed by atoms with E-state index in [1.54, 1.807) is 12.0 Å². The number of rotatable bonds is 9. The summed E-state index contributed by atoms with van der Waals surface area (Å²) in [6.45, 7) is 1.76. The van der Waals surface area contributed by atoms with E-state index in [4.69, 9.17) is 17.0 Å². The van der Waals surface area contributed by atoms with Gasteiger partial charge in [0.25, 0.3) is 0 Å². The molecule has 3 rings (SSSR count). The predicted octanol–water partition coefficient (Wildman–Crippen LogP) is 2.40. The van der Waals surface area contributed by atoms with Crippen molar-refractivity contribution in [2.45, 2.75) is 35.8 Å². The van der Waals surface area contributed by atoms with Crippen LogP contribution in [0.25, 0.3) is 0 Å². The molecule has 2 amide bonds. The smallest absolute Gasteiger partial charge is 0.248 e. The third-order valence-corrected chi connectivity index (χ3v) is 6.06. The molecule has 2 aliphatic rings. The van der Waals surface area contributed by atoms with Crippen LogP contribution in [-0.2, 0) is 14.3 Å². The summed E-state index contributed by atoms with van der Waals surface area (Å²) in [5.74, 6) is 0.0240. The quantitative estimate of drug-likeness (QED) is 0.505. The van der Waals surface area contributed by atoms with Gasteiger partial charge in [-0.15, -0.1) is 11.8 Å². The molecule has 0 radical (unpaired) electrons. The minimum absolute atomic E-state index is 0.00443. The number of amides is 2. The van der Waals surface area contributed by atoms with Crippen LogP contribution in [0.5, 0.6) is 0 Å². The molecule has 144 valence electrons. The van der Waals surface area contributed by atoms with Gasteiger partial charge in [-0.1, -0.05) is 18.2 Å². The number of ether oxygens (including phenoxy) is 1. The van der Waals surface area contributed by atoms with Crippen LogP contribution in [0, 0.1) is 0 Å². The largest absolute Gasteiger partial charge is 0.385 e. The first-order valence-corrected chi connectivity index (χ1v) is 10.4. The molecule has 1 atom stereocenters. The molecule has 2 aliphatic heterocycles. The number of hydrogen-bond acceptors (Lipinski definition) is 5. The lowest BCUT2D eigenvalue weighted by Crippen LogP contribution is -2.47. The highest BCUT2D eigenvalue weighted by molar-refractivity contribution is 8.02. The van der Waals surface area contributed by atoms with E-state index in [2.05, 4.69) is 10.3 Å². The number of nitrogens with zero attached hydrogens (tertiary/aromatic N) is 2. The molecule has 0 spiro atoms. The zero-order valence-corrected chi connectivity index (χ0v) is 16.9. The van der Waals surface area contributed by atoms with E-state index < -0.39 is 0 Å². The molecular weight excluding hydrogens is 382 g/mol. The summed E-state index contributed by atoms with van der Waals surface area (Å²) in [7, 11) is 1.64. The van der Waals surface area contributed by atoms with E-state index in [0.717, 1.165) is 22.6 Å². The minimum Gasteiger partial charge on any atom is -0.385 e. The van der Waals surface area contributed by atoms with Gasteiger partial charge in [0, 0.05) is 43.7 Å². The van der Waals surface area contributed by atoms with E-state index in [1.165, 1.54) is 11.8 Å². The summed E-state index contributed by atoms with van der Waals surface area (Å²) in [6.07, 6.45) is 2.67. The normalized spacial score (nSPS) is 18.2. The fraction of sp³-hybridized carbons (Fsp3) is 0.474. The predicted molar refractivity (Wildman–Crippen MR) is 110 cm³/mol. The van der Waals surface area contributed by atoms with Gasteiger partial charge in [-0.25, -0.2) is 4.99 Å². The monoisotopic (exact) mass is 405 g/mol. The van der Waals surface area contributed by atoms with Gasteiger partial charge in [0.1, 0.15) is 5.25 Å². The van der Waals surface area contributed by atoms with Gasteiger partial charge in [-0.05, 0) is 37.5 Å². The Labute approximate surface area is 168 Å².